The van der Waals surface area contributed by atoms with Crippen LogP contribution in [0.5, 0.6) is 0 Å². The first kappa shape index (κ1) is 44.8. The van der Waals surface area contributed by atoms with Gasteiger partial charge >= 0.3 is 17.1 Å². The first-order valence-electron chi connectivity index (χ1n) is 19.5. The minimum atomic E-state index is -0.809. The van der Waals surface area contributed by atoms with Crippen molar-refractivity contribution in [2.75, 3.05) is 19.8 Å². The Bertz CT molecular complexity index is 1630. The van der Waals surface area contributed by atoms with Crippen LogP contribution >= 0.6 is 16.3 Å². The predicted molar refractivity (Wildman–Crippen MR) is 234 cm³/mol. The topological polar surface area (TPSA) is 42.5 Å². The summed E-state index contributed by atoms with van der Waals surface area (Å²) in [4.78, 5) is 0. The van der Waals surface area contributed by atoms with Crippen LogP contribution in [-0.2, 0) is 32.7 Å². The van der Waals surface area contributed by atoms with Gasteiger partial charge in [-0.15, -0.1) is 12.8 Å². The van der Waals surface area contributed by atoms with Crippen LogP contribution in [0.4, 0.5) is 0 Å². The fourth-order valence-electron chi connectivity index (χ4n) is 6.14. The summed E-state index contributed by atoms with van der Waals surface area (Å²) in [6, 6.07) is 51.6. The van der Waals surface area contributed by atoms with E-state index in [9.17, 15) is 0 Å². The van der Waals surface area contributed by atoms with Gasteiger partial charge in [-0.25, -0.2) is 30.2 Å². The molecule has 6 rings (SSSR count). The number of allylic oxidation sites excluding steroid dienone is 1. The minimum Gasteiger partial charge on any atom is -0.348 e. The molecule has 0 amide bonds. The van der Waals surface area contributed by atoms with E-state index in [-0.39, 0.29) is 17.1 Å². The summed E-state index contributed by atoms with van der Waals surface area (Å²) >= 11 is 0. The molecule has 0 saturated heterocycles. The van der Waals surface area contributed by atoms with Gasteiger partial charge in [0, 0.05) is 33.3 Å². The zero-order chi connectivity index (χ0) is 37.8. The van der Waals surface area contributed by atoms with E-state index in [0.29, 0.717) is 37.1 Å². The fourth-order valence-corrected chi connectivity index (χ4v) is 9.72. The molecule has 2 unspecified atom stereocenters. The molecule has 0 bridgehead atoms. The van der Waals surface area contributed by atoms with Gasteiger partial charge in [-0.2, -0.15) is 17.7 Å². The normalized spacial score (nSPS) is 14.5. The van der Waals surface area contributed by atoms with Crippen molar-refractivity contribution in [3.05, 3.63) is 182 Å². The Labute approximate surface area is 345 Å². The van der Waals surface area contributed by atoms with Crippen LogP contribution in [0.2, 0.25) is 0 Å². The van der Waals surface area contributed by atoms with Gasteiger partial charge in [-0.05, 0) is 24.9 Å². The quantitative estimate of drug-likeness (QED) is 0.0467. The molecule has 0 aromatic heterocycles. The maximum Gasteiger partial charge on any atom is 2.00 e. The third-order valence-corrected chi connectivity index (χ3v) is 13.9. The number of rotatable bonds is 20. The van der Waals surface area contributed by atoms with Crippen LogP contribution in [0.1, 0.15) is 46.1 Å². The second kappa shape index (κ2) is 25.3. The van der Waals surface area contributed by atoms with Crippen LogP contribution in [-0.4, -0.2) is 31.8 Å². The SMILES string of the molecule is CCC(C)[C@@H](COP(c1ccccc1)c1ccccc1)NC[C-]1[CH][CH]C=C1.CCC(C)[C@@H](COP(c1ccccc1)c1ccccc1)NCc1ccc[cH-]1.[Fe+2]. The number of hydrogen-bond donors (Lipinski definition) is 2. The average molecular weight is 813 g/mol. The third-order valence-electron chi connectivity index (χ3n) is 9.99. The standard InChI is InChI=1S/2C24H29NOP.Fe/c2*1-3-20(2)24(25-18-21-12-10-11-13-21)19-26-27(22-14-6-4-7-15-22)23-16-8-5-9-17-23;/h2*4-17,20,24-25H,3,18-19H2,1-2H3;/q2*-1;+2/t2*20?,24-;/m11./s1. The summed E-state index contributed by atoms with van der Waals surface area (Å²) in [6.07, 6.45) is 10.8. The van der Waals surface area contributed by atoms with Crippen LogP contribution in [0.15, 0.2) is 158 Å². The first-order chi connectivity index (χ1) is 26.6. The molecule has 7 heteroatoms. The molecule has 55 heavy (non-hydrogen) atoms. The Hall–Kier alpha value is -2.94. The van der Waals surface area contributed by atoms with Crippen LogP contribution in [0, 0.1) is 30.6 Å². The molecular formula is C48H58FeN2O2P2. The average Bonchev–Trinajstić information content (AvgIpc) is 3.97. The summed E-state index contributed by atoms with van der Waals surface area (Å²) in [5.74, 6) is 2.45. The Kier molecular flexibility index (Phi) is 20.6. The van der Waals surface area contributed by atoms with Gasteiger partial charge in [-0.1, -0.05) is 162 Å². The molecule has 0 aliphatic heterocycles. The summed E-state index contributed by atoms with van der Waals surface area (Å²) in [6.45, 7) is 12.3. The zero-order valence-electron chi connectivity index (χ0n) is 32.8. The van der Waals surface area contributed by atoms with Gasteiger partial charge in [-0.3, -0.25) is 0 Å². The first-order valence-corrected chi connectivity index (χ1v) is 22.0. The molecule has 1 aliphatic carbocycles. The van der Waals surface area contributed by atoms with E-state index in [1.807, 2.05) is 0 Å². The van der Waals surface area contributed by atoms with Crippen molar-refractivity contribution in [3.63, 3.8) is 0 Å². The van der Waals surface area contributed by atoms with Crippen molar-refractivity contribution < 1.29 is 26.1 Å². The Morgan fingerprint density at radius 1 is 0.600 bits per heavy atom. The maximum atomic E-state index is 6.57. The summed E-state index contributed by atoms with van der Waals surface area (Å²) < 4.78 is 13.1. The molecule has 0 spiro atoms. The van der Waals surface area contributed by atoms with Gasteiger partial charge < -0.3 is 19.7 Å². The van der Waals surface area contributed by atoms with E-state index in [1.165, 1.54) is 32.7 Å². The van der Waals surface area contributed by atoms with Gasteiger partial charge in [0.05, 0.1) is 29.5 Å². The Morgan fingerprint density at radius 2 is 1.04 bits per heavy atom. The smallest absolute Gasteiger partial charge is 0.348 e. The van der Waals surface area contributed by atoms with E-state index >= 15 is 0 Å². The summed E-state index contributed by atoms with van der Waals surface area (Å²) in [7, 11) is -1.62. The molecule has 0 fully saturated rings. The maximum absolute atomic E-state index is 6.57. The van der Waals surface area contributed by atoms with Crippen molar-refractivity contribution >= 4 is 37.5 Å². The summed E-state index contributed by atoms with van der Waals surface area (Å²) in [5.41, 5.74) is 1.33. The van der Waals surface area contributed by atoms with E-state index < -0.39 is 16.3 Å². The number of hydrogen-bond acceptors (Lipinski definition) is 4. The molecule has 5 aromatic carbocycles. The molecule has 2 radical (unpaired) electrons. The predicted octanol–water partition coefficient (Wildman–Crippen LogP) is 9.58. The largest absolute Gasteiger partial charge is 2.00 e. The molecule has 2 N–H and O–H groups in total. The van der Waals surface area contributed by atoms with Gasteiger partial charge in [0.2, 0.25) is 0 Å². The van der Waals surface area contributed by atoms with Crippen molar-refractivity contribution in [2.24, 2.45) is 11.8 Å². The third kappa shape index (κ3) is 14.8. The molecule has 290 valence electrons. The molecule has 5 aromatic rings. The van der Waals surface area contributed by atoms with E-state index in [2.05, 4.69) is 209 Å². The molecule has 4 atom stereocenters. The number of nitrogens with one attached hydrogen (secondary N) is 2. The second-order valence-corrected chi connectivity index (χ2v) is 17.6. The van der Waals surface area contributed by atoms with Crippen LogP contribution in [0.25, 0.3) is 0 Å². The Morgan fingerprint density at radius 3 is 1.40 bits per heavy atom. The van der Waals surface area contributed by atoms with Crippen molar-refractivity contribution in [1.29, 1.82) is 0 Å². The van der Waals surface area contributed by atoms with E-state index in [1.54, 1.807) is 0 Å². The number of benzene rings is 4. The Balaban J connectivity index is 0.000000240. The summed E-state index contributed by atoms with van der Waals surface area (Å²) in [5, 5.41) is 12.5. The van der Waals surface area contributed by atoms with Crippen molar-refractivity contribution in [2.45, 2.75) is 59.2 Å². The zero-order valence-corrected chi connectivity index (χ0v) is 35.7. The second-order valence-electron chi connectivity index (χ2n) is 13.9. The molecule has 1 aliphatic rings. The van der Waals surface area contributed by atoms with E-state index in [4.69, 9.17) is 9.05 Å². The monoisotopic (exact) mass is 812 g/mol. The minimum absolute atomic E-state index is 0. The fraction of sp³-hybridized carbons (Fsp3) is 0.292. The molecule has 0 saturated carbocycles. The van der Waals surface area contributed by atoms with Crippen molar-refractivity contribution in [1.82, 2.24) is 10.6 Å². The van der Waals surface area contributed by atoms with Gasteiger partial charge in [0.25, 0.3) is 0 Å². The van der Waals surface area contributed by atoms with E-state index in [0.717, 1.165) is 25.9 Å². The van der Waals surface area contributed by atoms with Crippen molar-refractivity contribution in [3.8, 4) is 0 Å². The van der Waals surface area contributed by atoms with Gasteiger partial charge in [0.1, 0.15) is 0 Å². The molecule has 4 nitrogen and oxygen atoms in total. The molecule has 0 heterocycles. The van der Waals surface area contributed by atoms with Crippen LogP contribution < -0.4 is 31.9 Å². The molecular weight excluding hydrogens is 754 g/mol. The van der Waals surface area contributed by atoms with Crippen LogP contribution in [0.3, 0.4) is 0 Å². The van der Waals surface area contributed by atoms with Gasteiger partial charge in [0.15, 0.2) is 0 Å².